The van der Waals surface area contributed by atoms with Crippen molar-refractivity contribution in [1.29, 1.82) is 0 Å². The summed E-state index contributed by atoms with van der Waals surface area (Å²) in [5.74, 6) is 0.784. The van der Waals surface area contributed by atoms with Crippen molar-refractivity contribution in [3.05, 3.63) is 0 Å². The van der Waals surface area contributed by atoms with E-state index in [4.69, 9.17) is 0 Å². The normalized spacial score (nSPS) is 31.6. The highest BCUT2D eigenvalue weighted by Crippen LogP contribution is 2.31. The molecule has 0 heterocycles. The Bertz CT molecular complexity index is 305. The summed E-state index contributed by atoms with van der Waals surface area (Å²) in [6.07, 6.45) is 3.95. The zero-order chi connectivity index (χ0) is 12.2. The summed E-state index contributed by atoms with van der Waals surface area (Å²) in [5.41, 5.74) is -0.826. The van der Waals surface area contributed by atoms with Gasteiger partial charge in [-0.3, -0.25) is 0 Å². The van der Waals surface area contributed by atoms with E-state index < -0.39 is 15.6 Å². The molecule has 0 aromatic carbocycles. The van der Waals surface area contributed by atoms with Crippen LogP contribution in [0.3, 0.4) is 0 Å². The van der Waals surface area contributed by atoms with E-state index in [1.165, 1.54) is 0 Å². The summed E-state index contributed by atoms with van der Waals surface area (Å²) < 4.78 is 25.4. The first-order chi connectivity index (χ1) is 7.37. The Morgan fingerprint density at radius 3 is 2.44 bits per heavy atom. The third-order valence-electron chi connectivity index (χ3n) is 3.30. The standard InChI is InChI=1S/C11H23NO3S/c1-3-8-16(14,15)12-9-11(13)6-4-10(2)5-7-11/h10,12-13H,3-9H2,1-2H3. The van der Waals surface area contributed by atoms with Gasteiger partial charge < -0.3 is 5.11 Å². The summed E-state index contributed by atoms with van der Waals surface area (Å²) in [4.78, 5) is 0. The van der Waals surface area contributed by atoms with Crippen molar-refractivity contribution in [3.8, 4) is 0 Å². The molecule has 0 bridgehead atoms. The minimum Gasteiger partial charge on any atom is -0.389 e. The predicted molar refractivity (Wildman–Crippen MR) is 64.7 cm³/mol. The minimum absolute atomic E-state index is 0.138. The second kappa shape index (κ2) is 5.47. The lowest BCUT2D eigenvalue weighted by Crippen LogP contribution is -2.45. The Kier molecular flexibility index (Phi) is 4.76. The van der Waals surface area contributed by atoms with Gasteiger partial charge in [-0.25, -0.2) is 13.1 Å². The molecule has 4 nitrogen and oxygen atoms in total. The van der Waals surface area contributed by atoms with Crippen molar-refractivity contribution >= 4 is 10.0 Å². The average Bonchev–Trinajstić information content (AvgIpc) is 2.21. The Morgan fingerprint density at radius 2 is 1.94 bits per heavy atom. The van der Waals surface area contributed by atoms with Crippen LogP contribution in [0.2, 0.25) is 0 Å². The summed E-state index contributed by atoms with van der Waals surface area (Å²) in [6.45, 7) is 4.17. The Morgan fingerprint density at radius 1 is 1.38 bits per heavy atom. The van der Waals surface area contributed by atoms with Crippen molar-refractivity contribution in [3.63, 3.8) is 0 Å². The van der Waals surface area contributed by atoms with Crippen LogP contribution >= 0.6 is 0 Å². The Labute approximate surface area is 98.5 Å². The van der Waals surface area contributed by atoms with Crippen molar-refractivity contribution in [2.45, 2.75) is 51.6 Å². The fraction of sp³-hybridized carbons (Fsp3) is 1.00. The molecule has 0 aliphatic heterocycles. The summed E-state index contributed by atoms with van der Waals surface area (Å²) in [6, 6.07) is 0. The maximum atomic E-state index is 11.5. The maximum absolute atomic E-state index is 11.5. The second-order valence-corrected chi connectivity index (χ2v) is 6.97. The number of hydrogen-bond acceptors (Lipinski definition) is 3. The molecular weight excluding hydrogens is 226 g/mol. The molecule has 0 aromatic heterocycles. The van der Waals surface area contributed by atoms with Gasteiger partial charge in [-0.05, 0) is 38.0 Å². The molecule has 1 saturated carbocycles. The van der Waals surface area contributed by atoms with Crippen LogP contribution in [0.15, 0.2) is 0 Å². The highest BCUT2D eigenvalue weighted by atomic mass is 32.2. The Hall–Kier alpha value is -0.130. The fourth-order valence-electron chi connectivity index (χ4n) is 2.06. The molecule has 5 heteroatoms. The summed E-state index contributed by atoms with van der Waals surface area (Å²) in [7, 11) is -3.19. The summed E-state index contributed by atoms with van der Waals surface area (Å²) in [5, 5.41) is 10.2. The van der Waals surface area contributed by atoms with Gasteiger partial charge >= 0.3 is 0 Å². The first-order valence-electron chi connectivity index (χ1n) is 6.06. The number of hydrogen-bond donors (Lipinski definition) is 2. The molecule has 1 fully saturated rings. The minimum atomic E-state index is -3.19. The molecule has 1 aliphatic carbocycles. The zero-order valence-corrected chi connectivity index (χ0v) is 11.0. The van der Waals surface area contributed by atoms with E-state index in [2.05, 4.69) is 11.6 Å². The van der Waals surface area contributed by atoms with E-state index in [0.29, 0.717) is 25.2 Å². The van der Waals surface area contributed by atoms with Crippen LogP contribution in [0.4, 0.5) is 0 Å². The van der Waals surface area contributed by atoms with E-state index in [9.17, 15) is 13.5 Å². The van der Waals surface area contributed by atoms with Crippen LogP contribution in [0, 0.1) is 5.92 Å². The zero-order valence-electron chi connectivity index (χ0n) is 10.2. The lowest BCUT2D eigenvalue weighted by Gasteiger charge is -2.34. The SMILES string of the molecule is CCCS(=O)(=O)NCC1(O)CCC(C)CC1. The molecule has 1 rings (SSSR count). The van der Waals surface area contributed by atoms with Crippen LogP contribution in [0.25, 0.3) is 0 Å². The molecular formula is C11H23NO3S. The molecule has 96 valence electrons. The molecule has 0 unspecified atom stereocenters. The molecule has 16 heavy (non-hydrogen) atoms. The van der Waals surface area contributed by atoms with Gasteiger partial charge in [0.05, 0.1) is 11.4 Å². The highest BCUT2D eigenvalue weighted by molar-refractivity contribution is 7.89. The monoisotopic (exact) mass is 249 g/mol. The van der Waals surface area contributed by atoms with Crippen molar-refractivity contribution in [1.82, 2.24) is 4.72 Å². The number of nitrogens with one attached hydrogen (secondary N) is 1. The van der Waals surface area contributed by atoms with Crippen LogP contribution < -0.4 is 4.72 Å². The molecule has 0 aromatic rings. The molecule has 0 saturated heterocycles. The van der Waals surface area contributed by atoms with Gasteiger partial charge in [-0.1, -0.05) is 13.8 Å². The van der Waals surface area contributed by atoms with Crippen molar-refractivity contribution in [2.24, 2.45) is 5.92 Å². The first kappa shape index (κ1) is 13.9. The largest absolute Gasteiger partial charge is 0.389 e. The topological polar surface area (TPSA) is 66.4 Å². The molecule has 1 aliphatic rings. The van der Waals surface area contributed by atoms with Gasteiger partial charge in [0, 0.05) is 6.54 Å². The Balaban J connectivity index is 2.42. The molecule has 0 amide bonds. The summed E-state index contributed by atoms with van der Waals surface area (Å²) >= 11 is 0. The smallest absolute Gasteiger partial charge is 0.211 e. The molecule has 0 spiro atoms. The molecule has 0 atom stereocenters. The van der Waals surface area contributed by atoms with E-state index in [1.54, 1.807) is 0 Å². The highest BCUT2D eigenvalue weighted by Gasteiger charge is 2.32. The first-order valence-corrected chi connectivity index (χ1v) is 7.72. The predicted octanol–water partition coefficient (Wildman–Crippen LogP) is 1.26. The number of sulfonamides is 1. The molecule has 0 radical (unpaired) electrons. The number of aliphatic hydroxyl groups is 1. The van der Waals surface area contributed by atoms with Crippen LogP contribution in [-0.2, 0) is 10.0 Å². The van der Waals surface area contributed by atoms with Gasteiger partial charge in [0.1, 0.15) is 0 Å². The van der Waals surface area contributed by atoms with E-state index in [-0.39, 0.29) is 12.3 Å². The lowest BCUT2D eigenvalue weighted by molar-refractivity contribution is -0.00182. The molecule has 2 N–H and O–H groups in total. The quantitative estimate of drug-likeness (QED) is 0.771. The van der Waals surface area contributed by atoms with Gasteiger partial charge in [0.25, 0.3) is 0 Å². The number of rotatable bonds is 5. The van der Waals surface area contributed by atoms with Gasteiger partial charge in [-0.15, -0.1) is 0 Å². The van der Waals surface area contributed by atoms with Crippen LogP contribution in [0.5, 0.6) is 0 Å². The maximum Gasteiger partial charge on any atom is 0.211 e. The third-order valence-corrected chi connectivity index (χ3v) is 4.83. The van der Waals surface area contributed by atoms with Crippen LogP contribution in [-0.4, -0.2) is 31.4 Å². The lowest BCUT2D eigenvalue weighted by atomic mass is 9.80. The van der Waals surface area contributed by atoms with Crippen molar-refractivity contribution in [2.75, 3.05) is 12.3 Å². The fourth-order valence-corrected chi connectivity index (χ4v) is 3.23. The van der Waals surface area contributed by atoms with Crippen molar-refractivity contribution < 1.29 is 13.5 Å². The van der Waals surface area contributed by atoms with Gasteiger partial charge in [0.2, 0.25) is 10.0 Å². The van der Waals surface area contributed by atoms with E-state index >= 15 is 0 Å². The second-order valence-electron chi connectivity index (χ2n) is 5.05. The van der Waals surface area contributed by atoms with Gasteiger partial charge in [-0.2, -0.15) is 0 Å². The van der Waals surface area contributed by atoms with Crippen LogP contribution in [0.1, 0.15) is 46.0 Å². The van der Waals surface area contributed by atoms with E-state index in [0.717, 1.165) is 12.8 Å². The van der Waals surface area contributed by atoms with E-state index in [1.807, 2.05) is 6.92 Å². The van der Waals surface area contributed by atoms with Gasteiger partial charge in [0.15, 0.2) is 0 Å². The average molecular weight is 249 g/mol. The third kappa shape index (κ3) is 4.39.